The van der Waals surface area contributed by atoms with Crippen LogP contribution in [0.5, 0.6) is 0 Å². The lowest BCUT2D eigenvalue weighted by molar-refractivity contribution is 0.101. The number of aromatic amines is 1. The summed E-state index contributed by atoms with van der Waals surface area (Å²) in [6.45, 7) is 7.16. The number of hydrogen-bond acceptors (Lipinski definition) is 5. The Morgan fingerprint density at radius 1 is 1.55 bits per heavy atom. The number of carbonyl (C=O) groups is 1. The van der Waals surface area contributed by atoms with Crippen LogP contribution >= 0.6 is 11.3 Å². The first-order valence-corrected chi connectivity index (χ1v) is 8.45. The van der Waals surface area contributed by atoms with Crippen molar-refractivity contribution >= 4 is 22.3 Å². The number of anilines is 1. The van der Waals surface area contributed by atoms with Crippen LogP contribution < -0.4 is 5.32 Å². The van der Waals surface area contributed by atoms with Crippen LogP contribution in [0.15, 0.2) is 5.38 Å². The Bertz CT molecular complexity index is 684. The molecule has 0 aromatic carbocycles. The number of aryl methyl sites for hydroxylation is 1. The molecule has 22 heavy (non-hydrogen) atoms. The van der Waals surface area contributed by atoms with Gasteiger partial charge in [0.05, 0.1) is 11.8 Å². The van der Waals surface area contributed by atoms with Gasteiger partial charge in [-0.25, -0.2) is 4.98 Å². The monoisotopic (exact) mass is 319 g/mol. The van der Waals surface area contributed by atoms with Crippen LogP contribution in [0.25, 0.3) is 11.4 Å². The molecule has 118 valence electrons. The Labute approximate surface area is 134 Å². The second kappa shape index (κ2) is 6.22. The van der Waals surface area contributed by atoms with Crippen molar-refractivity contribution in [3.63, 3.8) is 0 Å². The zero-order valence-electron chi connectivity index (χ0n) is 13.2. The second-order valence-corrected chi connectivity index (χ2v) is 6.59. The third-order valence-electron chi connectivity index (χ3n) is 4.05. The normalized spacial score (nSPS) is 17.9. The molecular formula is C16H21N3O2S. The zero-order valence-corrected chi connectivity index (χ0v) is 14.0. The van der Waals surface area contributed by atoms with Gasteiger partial charge in [-0.3, -0.25) is 4.79 Å². The van der Waals surface area contributed by atoms with E-state index in [1.807, 2.05) is 19.2 Å². The number of aromatic nitrogens is 2. The summed E-state index contributed by atoms with van der Waals surface area (Å²) in [5, 5.41) is 6.25. The van der Waals surface area contributed by atoms with Crippen molar-refractivity contribution in [2.24, 2.45) is 0 Å². The van der Waals surface area contributed by atoms with Crippen LogP contribution in [0.1, 0.15) is 41.4 Å². The van der Waals surface area contributed by atoms with E-state index in [-0.39, 0.29) is 5.78 Å². The van der Waals surface area contributed by atoms with Gasteiger partial charge in [0.25, 0.3) is 0 Å². The first-order valence-electron chi connectivity index (χ1n) is 7.57. The highest BCUT2D eigenvalue weighted by Crippen LogP contribution is 2.30. The number of ether oxygens (including phenoxy) is 1. The molecule has 0 bridgehead atoms. The number of rotatable bonds is 5. The lowest BCUT2D eigenvalue weighted by atomic mass is 10.1. The van der Waals surface area contributed by atoms with E-state index < -0.39 is 0 Å². The summed E-state index contributed by atoms with van der Waals surface area (Å²) in [5.41, 5.74) is 4.47. The minimum atomic E-state index is 0.0875. The van der Waals surface area contributed by atoms with Gasteiger partial charge in [0, 0.05) is 29.8 Å². The second-order valence-electron chi connectivity index (χ2n) is 5.74. The number of nitrogens with one attached hydrogen (secondary N) is 2. The molecular weight excluding hydrogens is 298 g/mol. The van der Waals surface area contributed by atoms with E-state index in [1.54, 1.807) is 18.3 Å². The maximum Gasteiger partial charge on any atom is 0.183 e. The Kier molecular flexibility index (Phi) is 4.31. The molecule has 5 nitrogen and oxygen atoms in total. The molecule has 0 amide bonds. The SMILES string of the molecule is CC(=O)c1c(C)[nH]c(-c2csc(NCC3CCCO3)n2)c1C. The standard InChI is InChI=1S/C16H21N3O2S/c1-9-14(11(3)20)10(2)18-15(9)13-8-22-16(19-13)17-7-12-5-4-6-21-12/h8,12,18H,4-7H2,1-3H3,(H,17,19). The van der Waals surface area contributed by atoms with E-state index >= 15 is 0 Å². The summed E-state index contributed by atoms with van der Waals surface area (Å²) in [4.78, 5) is 19.6. The molecule has 1 atom stereocenters. The fourth-order valence-electron chi connectivity index (χ4n) is 3.01. The summed E-state index contributed by atoms with van der Waals surface area (Å²) in [7, 11) is 0. The van der Waals surface area contributed by atoms with Crippen molar-refractivity contribution in [3.05, 3.63) is 22.2 Å². The highest BCUT2D eigenvalue weighted by Gasteiger charge is 2.19. The molecule has 2 aromatic heterocycles. The molecule has 0 radical (unpaired) electrons. The molecule has 6 heteroatoms. The van der Waals surface area contributed by atoms with E-state index in [2.05, 4.69) is 15.3 Å². The van der Waals surface area contributed by atoms with E-state index in [4.69, 9.17) is 4.74 Å². The molecule has 1 fully saturated rings. The Balaban J connectivity index is 1.76. The molecule has 1 unspecified atom stereocenters. The third kappa shape index (κ3) is 2.94. The maximum atomic E-state index is 11.7. The van der Waals surface area contributed by atoms with Crippen LogP contribution in [-0.2, 0) is 4.74 Å². The van der Waals surface area contributed by atoms with E-state index in [0.29, 0.717) is 6.10 Å². The molecule has 1 saturated heterocycles. The van der Waals surface area contributed by atoms with Crippen LogP contribution in [0.3, 0.4) is 0 Å². The fourth-order valence-corrected chi connectivity index (χ4v) is 3.72. The van der Waals surface area contributed by atoms with E-state index in [0.717, 1.165) is 59.3 Å². The van der Waals surface area contributed by atoms with Crippen molar-refractivity contribution in [1.82, 2.24) is 9.97 Å². The van der Waals surface area contributed by atoms with Gasteiger partial charge in [-0.05, 0) is 39.2 Å². The molecule has 0 aliphatic carbocycles. The number of nitrogens with zero attached hydrogens (tertiary/aromatic N) is 1. The van der Waals surface area contributed by atoms with Gasteiger partial charge in [0.15, 0.2) is 10.9 Å². The van der Waals surface area contributed by atoms with Gasteiger partial charge < -0.3 is 15.0 Å². The fraction of sp³-hybridized carbons (Fsp3) is 0.500. The first kappa shape index (κ1) is 15.2. The average molecular weight is 319 g/mol. The number of ketones is 1. The molecule has 0 spiro atoms. The molecule has 3 rings (SSSR count). The summed E-state index contributed by atoms with van der Waals surface area (Å²) in [5.74, 6) is 0.0875. The van der Waals surface area contributed by atoms with Crippen LogP contribution in [0.4, 0.5) is 5.13 Å². The van der Waals surface area contributed by atoms with Crippen LogP contribution in [-0.4, -0.2) is 35.0 Å². The van der Waals surface area contributed by atoms with Gasteiger partial charge >= 0.3 is 0 Å². The van der Waals surface area contributed by atoms with Gasteiger partial charge in [0.2, 0.25) is 0 Å². The van der Waals surface area contributed by atoms with Crippen LogP contribution in [0, 0.1) is 13.8 Å². The molecule has 3 heterocycles. The number of hydrogen-bond donors (Lipinski definition) is 2. The molecule has 2 aromatic rings. The number of thiazole rings is 1. The van der Waals surface area contributed by atoms with Crippen molar-refractivity contribution in [2.45, 2.75) is 39.7 Å². The quantitative estimate of drug-likeness (QED) is 0.827. The van der Waals surface area contributed by atoms with Gasteiger partial charge in [-0.1, -0.05) is 0 Å². The maximum absolute atomic E-state index is 11.7. The molecule has 1 aliphatic rings. The average Bonchev–Trinajstić information content (AvgIpc) is 3.17. The van der Waals surface area contributed by atoms with Crippen LogP contribution in [0.2, 0.25) is 0 Å². The molecule has 2 N–H and O–H groups in total. The Hall–Kier alpha value is -1.66. The first-order chi connectivity index (χ1) is 10.6. The van der Waals surface area contributed by atoms with Crippen molar-refractivity contribution in [1.29, 1.82) is 0 Å². The highest BCUT2D eigenvalue weighted by atomic mass is 32.1. The summed E-state index contributed by atoms with van der Waals surface area (Å²) < 4.78 is 5.60. The Morgan fingerprint density at radius 3 is 3.00 bits per heavy atom. The third-order valence-corrected chi connectivity index (χ3v) is 4.85. The van der Waals surface area contributed by atoms with E-state index in [9.17, 15) is 4.79 Å². The zero-order chi connectivity index (χ0) is 15.7. The summed E-state index contributed by atoms with van der Waals surface area (Å²) in [6.07, 6.45) is 2.55. The predicted octanol–water partition coefficient (Wildman–Crippen LogP) is 3.55. The van der Waals surface area contributed by atoms with E-state index in [1.165, 1.54) is 0 Å². The largest absolute Gasteiger partial charge is 0.376 e. The number of carbonyl (C=O) groups excluding carboxylic acids is 1. The predicted molar refractivity (Wildman–Crippen MR) is 88.8 cm³/mol. The van der Waals surface area contributed by atoms with Gasteiger partial charge in [-0.2, -0.15) is 0 Å². The van der Waals surface area contributed by atoms with Gasteiger partial charge in [-0.15, -0.1) is 11.3 Å². The number of H-pyrrole nitrogens is 1. The highest BCUT2D eigenvalue weighted by molar-refractivity contribution is 7.14. The van der Waals surface area contributed by atoms with Crippen molar-refractivity contribution in [3.8, 4) is 11.4 Å². The summed E-state index contributed by atoms with van der Waals surface area (Å²) in [6, 6.07) is 0. The minimum Gasteiger partial charge on any atom is -0.376 e. The molecule has 1 aliphatic heterocycles. The molecule has 0 saturated carbocycles. The van der Waals surface area contributed by atoms with Gasteiger partial charge in [0.1, 0.15) is 5.69 Å². The lowest BCUT2D eigenvalue weighted by Gasteiger charge is -2.09. The van der Waals surface area contributed by atoms with Crippen molar-refractivity contribution in [2.75, 3.05) is 18.5 Å². The van der Waals surface area contributed by atoms with Crippen molar-refractivity contribution < 1.29 is 9.53 Å². The lowest BCUT2D eigenvalue weighted by Crippen LogP contribution is -2.18. The topological polar surface area (TPSA) is 67.0 Å². The Morgan fingerprint density at radius 2 is 2.36 bits per heavy atom. The smallest absolute Gasteiger partial charge is 0.183 e. The minimum absolute atomic E-state index is 0.0875. The number of Topliss-reactive ketones (excluding diaryl/α,β-unsaturated/α-hetero) is 1. The summed E-state index contributed by atoms with van der Waals surface area (Å²) >= 11 is 1.58.